The number of likely N-dealkylation sites (tertiary alicyclic amines) is 1. The molecule has 2 fully saturated rings. The van der Waals surface area contributed by atoms with E-state index in [9.17, 15) is 0 Å². The summed E-state index contributed by atoms with van der Waals surface area (Å²) in [6, 6.07) is 1.51. The van der Waals surface area contributed by atoms with Gasteiger partial charge in [0.05, 0.1) is 0 Å². The Labute approximate surface area is 101 Å². The van der Waals surface area contributed by atoms with Crippen LogP contribution in [-0.2, 0) is 0 Å². The number of piperidine rings is 1. The molecule has 0 aliphatic carbocycles. The fraction of sp³-hybridized carbons (Fsp3) is 1.00. The summed E-state index contributed by atoms with van der Waals surface area (Å²) in [4.78, 5) is 2.81. The lowest BCUT2D eigenvalue weighted by molar-refractivity contribution is 0.0567. The molecule has 2 heterocycles. The molecule has 0 aromatic rings. The Morgan fingerprint density at radius 2 is 2.25 bits per heavy atom. The van der Waals surface area contributed by atoms with Crippen LogP contribution in [0.2, 0.25) is 0 Å². The lowest BCUT2D eigenvalue weighted by atomic mass is 9.84. The van der Waals surface area contributed by atoms with Gasteiger partial charge in [-0.05, 0) is 52.5 Å². The first-order chi connectivity index (χ1) is 7.68. The second-order valence-corrected chi connectivity index (χ2v) is 5.98. The van der Waals surface area contributed by atoms with Crippen LogP contribution < -0.4 is 5.32 Å². The standard InChI is InChI=1S/C14H28N2/c1-4-6-13(3)16-10-5-8-14(16)9-7-12(2)15-11-14/h12-13,15H,4-11H2,1-3H3. The molecule has 1 N–H and O–H groups in total. The summed E-state index contributed by atoms with van der Waals surface area (Å²) in [5.41, 5.74) is 0.515. The van der Waals surface area contributed by atoms with Crippen LogP contribution in [0.25, 0.3) is 0 Å². The highest BCUT2D eigenvalue weighted by Gasteiger charge is 2.44. The van der Waals surface area contributed by atoms with Crippen LogP contribution in [-0.4, -0.2) is 35.6 Å². The smallest absolute Gasteiger partial charge is 0.0337 e. The normalized spacial score (nSPS) is 38.1. The summed E-state index contributed by atoms with van der Waals surface area (Å²) in [6.07, 6.45) is 8.27. The van der Waals surface area contributed by atoms with E-state index in [-0.39, 0.29) is 0 Å². The largest absolute Gasteiger partial charge is 0.312 e. The first kappa shape index (κ1) is 12.4. The van der Waals surface area contributed by atoms with Gasteiger partial charge >= 0.3 is 0 Å². The zero-order chi connectivity index (χ0) is 11.6. The third-order valence-corrected chi connectivity index (χ3v) is 4.71. The molecule has 3 unspecified atom stereocenters. The van der Waals surface area contributed by atoms with Gasteiger partial charge in [0, 0.05) is 24.2 Å². The maximum absolute atomic E-state index is 3.70. The average Bonchev–Trinajstić information content (AvgIpc) is 2.67. The Morgan fingerprint density at radius 1 is 1.44 bits per heavy atom. The number of rotatable bonds is 3. The van der Waals surface area contributed by atoms with Gasteiger partial charge in [-0.1, -0.05) is 13.3 Å². The molecule has 0 radical (unpaired) electrons. The number of hydrogen-bond acceptors (Lipinski definition) is 2. The highest BCUT2D eigenvalue weighted by Crippen LogP contribution is 2.38. The molecule has 2 aliphatic heterocycles. The summed E-state index contributed by atoms with van der Waals surface area (Å²) in [5, 5.41) is 3.70. The van der Waals surface area contributed by atoms with E-state index in [0.29, 0.717) is 5.54 Å². The SMILES string of the molecule is CCCC(C)N1CCCC12CCC(C)NC2. The van der Waals surface area contributed by atoms with Crippen LogP contribution in [0.15, 0.2) is 0 Å². The second kappa shape index (κ2) is 5.05. The van der Waals surface area contributed by atoms with E-state index in [1.165, 1.54) is 51.6 Å². The van der Waals surface area contributed by atoms with Crippen LogP contribution in [0.3, 0.4) is 0 Å². The van der Waals surface area contributed by atoms with Gasteiger partial charge in [-0.15, -0.1) is 0 Å². The van der Waals surface area contributed by atoms with E-state index in [1.807, 2.05) is 0 Å². The van der Waals surface area contributed by atoms with Gasteiger partial charge in [0.25, 0.3) is 0 Å². The van der Waals surface area contributed by atoms with Crippen molar-refractivity contribution < 1.29 is 0 Å². The summed E-state index contributed by atoms with van der Waals surface area (Å²) in [7, 11) is 0. The van der Waals surface area contributed by atoms with Gasteiger partial charge < -0.3 is 5.32 Å². The first-order valence-corrected chi connectivity index (χ1v) is 7.18. The molecular weight excluding hydrogens is 196 g/mol. The van der Waals surface area contributed by atoms with Gasteiger partial charge in [0.2, 0.25) is 0 Å². The molecule has 0 aromatic heterocycles. The van der Waals surface area contributed by atoms with Crippen molar-refractivity contribution in [2.75, 3.05) is 13.1 Å². The summed E-state index contributed by atoms with van der Waals surface area (Å²) in [5.74, 6) is 0. The van der Waals surface area contributed by atoms with E-state index in [4.69, 9.17) is 0 Å². The third kappa shape index (κ3) is 2.28. The molecule has 0 saturated carbocycles. The molecule has 0 aromatic carbocycles. The zero-order valence-corrected chi connectivity index (χ0v) is 11.3. The topological polar surface area (TPSA) is 15.3 Å². The molecule has 94 valence electrons. The van der Waals surface area contributed by atoms with E-state index < -0.39 is 0 Å². The van der Waals surface area contributed by atoms with E-state index >= 15 is 0 Å². The second-order valence-electron chi connectivity index (χ2n) is 5.98. The van der Waals surface area contributed by atoms with Crippen LogP contribution in [0.5, 0.6) is 0 Å². The molecule has 2 heteroatoms. The molecule has 1 spiro atoms. The minimum atomic E-state index is 0.515. The number of hydrogen-bond donors (Lipinski definition) is 1. The Balaban J connectivity index is 2.01. The lowest BCUT2D eigenvalue weighted by Gasteiger charge is -2.46. The molecule has 2 aliphatic rings. The summed E-state index contributed by atoms with van der Waals surface area (Å²) >= 11 is 0. The Bertz CT molecular complexity index is 219. The van der Waals surface area contributed by atoms with E-state index in [0.717, 1.165) is 12.1 Å². The quantitative estimate of drug-likeness (QED) is 0.793. The average molecular weight is 224 g/mol. The van der Waals surface area contributed by atoms with Crippen LogP contribution in [0.1, 0.15) is 59.3 Å². The molecule has 2 saturated heterocycles. The zero-order valence-electron chi connectivity index (χ0n) is 11.3. The molecule has 16 heavy (non-hydrogen) atoms. The molecule has 3 atom stereocenters. The van der Waals surface area contributed by atoms with E-state index in [1.54, 1.807) is 0 Å². The number of nitrogens with zero attached hydrogens (tertiary/aromatic N) is 1. The van der Waals surface area contributed by atoms with Gasteiger partial charge in [-0.25, -0.2) is 0 Å². The van der Waals surface area contributed by atoms with Crippen molar-refractivity contribution >= 4 is 0 Å². The Hall–Kier alpha value is -0.0800. The van der Waals surface area contributed by atoms with Gasteiger partial charge in [0.1, 0.15) is 0 Å². The number of nitrogens with one attached hydrogen (secondary N) is 1. The van der Waals surface area contributed by atoms with Crippen molar-refractivity contribution in [3.8, 4) is 0 Å². The first-order valence-electron chi connectivity index (χ1n) is 7.18. The molecule has 2 rings (SSSR count). The van der Waals surface area contributed by atoms with Crippen LogP contribution >= 0.6 is 0 Å². The molecule has 0 amide bonds. The molecule has 2 nitrogen and oxygen atoms in total. The Kier molecular flexibility index (Phi) is 3.91. The highest BCUT2D eigenvalue weighted by molar-refractivity contribution is 5.02. The van der Waals surface area contributed by atoms with Crippen molar-refractivity contribution in [3.05, 3.63) is 0 Å². The predicted molar refractivity (Wildman–Crippen MR) is 69.7 cm³/mol. The van der Waals surface area contributed by atoms with Crippen molar-refractivity contribution in [2.24, 2.45) is 0 Å². The van der Waals surface area contributed by atoms with Gasteiger partial charge in [-0.3, -0.25) is 4.90 Å². The lowest BCUT2D eigenvalue weighted by Crippen LogP contribution is -2.58. The Morgan fingerprint density at radius 3 is 2.88 bits per heavy atom. The molecular formula is C14H28N2. The highest BCUT2D eigenvalue weighted by atomic mass is 15.3. The minimum absolute atomic E-state index is 0.515. The van der Waals surface area contributed by atoms with Crippen LogP contribution in [0.4, 0.5) is 0 Å². The van der Waals surface area contributed by atoms with Gasteiger partial charge in [0.15, 0.2) is 0 Å². The van der Waals surface area contributed by atoms with Crippen molar-refractivity contribution in [2.45, 2.75) is 76.9 Å². The van der Waals surface area contributed by atoms with E-state index in [2.05, 4.69) is 31.0 Å². The maximum Gasteiger partial charge on any atom is 0.0337 e. The summed E-state index contributed by atoms with van der Waals surface area (Å²) < 4.78 is 0. The molecule has 0 bridgehead atoms. The maximum atomic E-state index is 3.70. The fourth-order valence-electron chi connectivity index (χ4n) is 3.72. The predicted octanol–water partition coefficient (Wildman–Crippen LogP) is 2.78. The van der Waals surface area contributed by atoms with Crippen molar-refractivity contribution in [1.82, 2.24) is 10.2 Å². The van der Waals surface area contributed by atoms with Crippen molar-refractivity contribution in [3.63, 3.8) is 0 Å². The van der Waals surface area contributed by atoms with Gasteiger partial charge in [-0.2, -0.15) is 0 Å². The monoisotopic (exact) mass is 224 g/mol. The third-order valence-electron chi connectivity index (χ3n) is 4.71. The summed E-state index contributed by atoms with van der Waals surface area (Å²) in [6.45, 7) is 9.61. The minimum Gasteiger partial charge on any atom is -0.312 e. The fourth-order valence-corrected chi connectivity index (χ4v) is 3.72. The van der Waals surface area contributed by atoms with Crippen molar-refractivity contribution in [1.29, 1.82) is 0 Å². The van der Waals surface area contributed by atoms with Crippen LogP contribution in [0, 0.1) is 0 Å².